The maximum atomic E-state index is 12.9. The van der Waals surface area contributed by atoms with Gasteiger partial charge < -0.3 is 30.7 Å². The van der Waals surface area contributed by atoms with Gasteiger partial charge >= 0.3 is 0 Å². The van der Waals surface area contributed by atoms with E-state index in [1.165, 1.54) is 5.06 Å². The normalized spacial score (nSPS) is 45.1. The number of rotatable bonds is 2. The van der Waals surface area contributed by atoms with Crippen LogP contribution in [0.1, 0.15) is 32.1 Å². The highest BCUT2D eigenvalue weighted by molar-refractivity contribution is 6.00. The van der Waals surface area contributed by atoms with Gasteiger partial charge in [-0.05, 0) is 12.8 Å². The maximum absolute atomic E-state index is 12.9. The monoisotopic (exact) mass is 402 g/mol. The van der Waals surface area contributed by atoms with Crippen molar-refractivity contribution in [3.8, 4) is 0 Å². The molecule has 0 bridgehead atoms. The van der Waals surface area contributed by atoms with Crippen LogP contribution in [0.5, 0.6) is 0 Å². The van der Waals surface area contributed by atoms with Crippen molar-refractivity contribution in [1.29, 1.82) is 0 Å². The fourth-order valence-electron chi connectivity index (χ4n) is 4.06. The standard InChI is InChI=1S/C16H26N4O8/c21-8-11-9(22)7-10(23)12(26-11)20-6-2-4-16(28-20)14(25)18-15(13(24)19-16)3-1-5-17-27-15/h9-12,17,21-23H,1-8H2,(H,18,25)(H,19,24). The van der Waals surface area contributed by atoms with Gasteiger partial charge in [0.25, 0.3) is 11.8 Å². The van der Waals surface area contributed by atoms with Crippen LogP contribution in [-0.4, -0.2) is 87.9 Å². The largest absolute Gasteiger partial charge is 0.394 e. The van der Waals surface area contributed by atoms with Gasteiger partial charge in [-0.25, -0.2) is 0 Å². The SMILES string of the molecule is O=C1NC2(CCCN(C3OC(CO)C(O)CC3O)O2)C(=O)NC12CCCNO2. The second kappa shape index (κ2) is 7.46. The van der Waals surface area contributed by atoms with Crippen LogP contribution >= 0.6 is 0 Å². The number of hydrogen-bond acceptors (Lipinski definition) is 10. The molecule has 12 heteroatoms. The van der Waals surface area contributed by atoms with E-state index in [0.717, 1.165) is 0 Å². The van der Waals surface area contributed by atoms with Gasteiger partial charge in [-0.3, -0.25) is 19.3 Å². The van der Waals surface area contributed by atoms with Crippen LogP contribution in [0.25, 0.3) is 0 Å². The summed E-state index contributed by atoms with van der Waals surface area (Å²) in [5.41, 5.74) is -0.475. The van der Waals surface area contributed by atoms with Crippen LogP contribution in [0.3, 0.4) is 0 Å². The molecule has 0 saturated carbocycles. The fourth-order valence-corrected chi connectivity index (χ4v) is 4.06. The predicted molar refractivity (Wildman–Crippen MR) is 89.5 cm³/mol. The summed E-state index contributed by atoms with van der Waals surface area (Å²) in [5.74, 6) is -1.07. The van der Waals surface area contributed by atoms with E-state index in [4.69, 9.17) is 14.4 Å². The number of piperazine rings is 1. The minimum Gasteiger partial charge on any atom is -0.394 e. The zero-order valence-corrected chi connectivity index (χ0v) is 15.3. The molecule has 0 aromatic rings. The molecule has 0 aromatic heterocycles. The second-order valence-electron chi connectivity index (χ2n) is 7.62. The molecule has 6 N–H and O–H groups in total. The third-order valence-electron chi connectivity index (χ3n) is 5.62. The Morgan fingerprint density at radius 1 is 1.07 bits per heavy atom. The van der Waals surface area contributed by atoms with Crippen molar-refractivity contribution < 1.29 is 39.3 Å². The maximum Gasteiger partial charge on any atom is 0.277 e. The van der Waals surface area contributed by atoms with E-state index in [1.54, 1.807) is 0 Å². The Labute approximate surface area is 161 Å². The zero-order valence-electron chi connectivity index (χ0n) is 15.3. The van der Waals surface area contributed by atoms with E-state index in [-0.39, 0.29) is 12.8 Å². The summed E-state index contributed by atoms with van der Waals surface area (Å²) in [5, 5.41) is 36.1. The Balaban J connectivity index is 1.50. The van der Waals surface area contributed by atoms with Crippen molar-refractivity contribution in [3.05, 3.63) is 0 Å². The third kappa shape index (κ3) is 3.29. The van der Waals surface area contributed by atoms with Crippen molar-refractivity contribution >= 4 is 11.8 Å². The van der Waals surface area contributed by atoms with Crippen LogP contribution in [0, 0.1) is 0 Å². The first-order valence-electron chi connectivity index (χ1n) is 9.53. The molecular weight excluding hydrogens is 376 g/mol. The van der Waals surface area contributed by atoms with Crippen molar-refractivity contribution in [3.63, 3.8) is 0 Å². The number of aliphatic hydroxyl groups is 3. The summed E-state index contributed by atoms with van der Waals surface area (Å²) < 4.78 is 5.58. The van der Waals surface area contributed by atoms with Gasteiger partial charge in [-0.1, -0.05) is 0 Å². The minimum atomic E-state index is -1.64. The van der Waals surface area contributed by atoms with Crippen molar-refractivity contribution in [2.75, 3.05) is 19.7 Å². The number of carbonyl (C=O) groups excluding carboxylic acids is 2. The molecule has 2 amide bonds. The van der Waals surface area contributed by atoms with Gasteiger partial charge in [-0.2, -0.15) is 10.5 Å². The summed E-state index contributed by atoms with van der Waals surface area (Å²) in [6.07, 6.45) is -2.28. The smallest absolute Gasteiger partial charge is 0.277 e. The molecule has 2 spiro atoms. The lowest BCUT2D eigenvalue weighted by Crippen LogP contribution is -2.79. The highest BCUT2D eigenvalue weighted by Gasteiger charge is 2.59. The number of amides is 2. The molecule has 12 nitrogen and oxygen atoms in total. The van der Waals surface area contributed by atoms with Crippen LogP contribution in [0.15, 0.2) is 0 Å². The Bertz CT molecular complexity index is 630. The van der Waals surface area contributed by atoms with E-state index >= 15 is 0 Å². The Morgan fingerprint density at radius 3 is 2.50 bits per heavy atom. The molecule has 6 unspecified atom stereocenters. The first-order valence-corrected chi connectivity index (χ1v) is 9.53. The average molecular weight is 402 g/mol. The molecule has 0 radical (unpaired) electrons. The topological polar surface area (TPSA) is 162 Å². The third-order valence-corrected chi connectivity index (χ3v) is 5.62. The molecule has 6 atom stereocenters. The molecule has 158 valence electrons. The Hall–Kier alpha value is -1.38. The van der Waals surface area contributed by atoms with Crippen LogP contribution < -0.4 is 16.1 Å². The van der Waals surface area contributed by atoms with Crippen molar-refractivity contribution in [1.82, 2.24) is 21.2 Å². The van der Waals surface area contributed by atoms with Crippen LogP contribution in [0.4, 0.5) is 0 Å². The lowest BCUT2D eigenvalue weighted by atomic mass is 9.95. The number of nitrogens with one attached hydrogen (secondary N) is 3. The van der Waals surface area contributed by atoms with Crippen LogP contribution in [-0.2, 0) is 24.0 Å². The zero-order chi connectivity index (χ0) is 19.9. The molecular formula is C16H26N4O8. The van der Waals surface area contributed by atoms with Crippen molar-refractivity contribution in [2.24, 2.45) is 0 Å². The highest BCUT2D eigenvalue weighted by Crippen LogP contribution is 2.34. The number of nitrogens with zero attached hydrogens (tertiary/aromatic N) is 1. The quantitative estimate of drug-likeness (QED) is 0.277. The number of ether oxygens (including phenoxy) is 1. The van der Waals surface area contributed by atoms with Gasteiger partial charge in [-0.15, -0.1) is 0 Å². The molecule has 4 aliphatic rings. The Morgan fingerprint density at radius 2 is 1.79 bits per heavy atom. The molecule has 4 aliphatic heterocycles. The van der Waals surface area contributed by atoms with Gasteiger partial charge in [0.05, 0.1) is 18.8 Å². The van der Waals surface area contributed by atoms with E-state index < -0.39 is 54.4 Å². The summed E-state index contributed by atoms with van der Waals surface area (Å²) in [6.45, 7) is 0.493. The number of hydroxylamine groups is 3. The Kier molecular flexibility index (Phi) is 5.31. The molecule has 4 fully saturated rings. The first kappa shape index (κ1) is 19.9. The first-order chi connectivity index (χ1) is 13.4. The summed E-state index contributed by atoms with van der Waals surface area (Å²) in [6, 6.07) is 0. The van der Waals surface area contributed by atoms with E-state index in [0.29, 0.717) is 32.4 Å². The average Bonchev–Trinajstić information content (AvgIpc) is 2.68. The molecule has 4 saturated heterocycles. The lowest BCUT2D eigenvalue weighted by Gasteiger charge is -2.51. The van der Waals surface area contributed by atoms with Gasteiger partial charge in [0.2, 0.25) is 11.4 Å². The second-order valence-corrected chi connectivity index (χ2v) is 7.62. The van der Waals surface area contributed by atoms with E-state index in [2.05, 4.69) is 16.1 Å². The van der Waals surface area contributed by atoms with E-state index in [1.807, 2.05) is 0 Å². The number of hydrogen-bond donors (Lipinski definition) is 6. The van der Waals surface area contributed by atoms with Gasteiger partial charge in [0.15, 0.2) is 6.23 Å². The fraction of sp³-hybridized carbons (Fsp3) is 0.875. The van der Waals surface area contributed by atoms with Gasteiger partial charge in [0, 0.05) is 32.4 Å². The molecule has 4 heterocycles. The summed E-state index contributed by atoms with van der Waals surface area (Å²) in [7, 11) is 0. The molecule has 0 aliphatic carbocycles. The van der Waals surface area contributed by atoms with Crippen molar-refractivity contribution in [2.45, 2.75) is 68.1 Å². The highest BCUT2D eigenvalue weighted by atomic mass is 16.7. The predicted octanol–water partition coefficient (Wildman–Crippen LogP) is -3.20. The number of carbonyl (C=O) groups is 2. The van der Waals surface area contributed by atoms with E-state index in [9.17, 15) is 24.9 Å². The minimum absolute atomic E-state index is 0.00999. The summed E-state index contributed by atoms with van der Waals surface area (Å²) in [4.78, 5) is 36.8. The lowest BCUT2D eigenvalue weighted by molar-refractivity contribution is -0.363. The van der Waals surface area contributed by atoms with Gasteiger partial charge in [0.1, 0.15) is 6.10 Å². The summed E-state index contributed by atoms with van der Waals surface area (Å²) >= 11 is 0. The molecule has 28 heavy (non-hydrogen) atoms. The molecule has 0 aromatic carbocycles. The number of aliphatic hydroxyl groups excluding tert-OH is 3. The van der Waals surface area contributed by atoms with Crippen LogP contribution in [0.2, 0.25) is 0 Å². The molecule has 4 rings (SSSR count).